The van der Waals surface area contributed by atoms with Crippen molar-refractivity contribution in [3.63, 3.8) is 0 Å². The van der Waals surface area contributed by atoms with Crippen LogP contribution in [-0.4, -0.2) is 27.6 Å². The number of sulfonamides is 1. The van der Waals surface area contributed by atoms with E-state index in [4.69, 9.17) is 21.1 Å². The molecule has 0 spiro atoms. The van der Waals surface area contributed by atoms with Crippen LogP contribution in [-0.2, 0) is 16.6 Å². The van der Waals surface area contributed by atoms with Crippen molar-refractivity contribution < 1.29 is 17.9 Å². The average molecular weight is 518 g/mol. The molecule has 0 fully saturated rings. The third-order valence-electron chi connectivity index (χ3n) is 4.23. The second kappa shape index (κ2) is 8.91. The number of ether oxygens (including phenoxy) is 2. The van der Waals surface area contributed by atoms with Crippen LogP contribution in [0.5, 0.6) is 11.5 Å². The summed E-state index contributed by atoms with van der Waals surface area (Å²) < 4.78 is 39.7. The van der Waals surface area contributed by atoms with Gasteiger partial charge in [0.25, 0.3) is 10.0 Å². The maximum Gasteiger partial charge on any atom is 0.266 e. The lowest BCUT2D eigenvalue weighted by atomic mass is 10.2. The molecule has 6 nitrogen and oxygen atoms in total. The zero-order valence-electron chi connectivity index (χ0n) is 15.8. The monoisotopic (exact) mass is 516 g/mol. The Morgan fingerprint density at radius 2 is 1.97 bits per heavy atom. The van der Waals surface area contributed by atoms with E-state index >= 15 is 0 Å². The van der Waals surface area contributed by atoms with Crippen LogP contribution in [0.15, 0.2) is 51.3 Å². The number of aromatic nitrogens is 1. The van der Waals surface area contributed by atoms with Crippen molar-refractivity contribution >= 4 is 54.0 Å². The summed E-state index contributed by atoms with van der Waals surface area (Å²) >= 11 is 10.7. The van der Waals surface area contributed by atoms with Gasteiger partial charge in [0.05, 0.1) is 30.7 Å². The first kappa shape index (κ1) is 21.9. The van der Waals surface area contributed by atoms with Gasteiger partial charge >= 0.3 is 0 Å². The van der Waals surface area contributed by atoms with Crippen molar-refractivity contribution in [1.82, 2.24) is 4.98 Å². The number of halogens is 2. The van der Waals surface area contributed by atoms with E-state index in [1.165, 1.54) is 28.8 Å². The summed E-state index contributed by atoms with van der Waals surface area (Å²) in [6.45, 7) is 1.76. The van der Waals surface area contributed by atoms with Gasteiger partial charge in [-0.05, 0) is 52.7 Å². The van der Waals surface area contributed by atoms with Gasteiger partial charge in [-0.2, -0.15) is 0 Å². The first-order chi connectivity index (χ1) is 13.8. The van der Waals surface area contributed by atoms with E-state index in [0.29, 0.717) is 37.3 Å². The van der Waals surface area contributed by atoms with Crippen molar-refractivity contribution in [1.29, 1.82) is 0 Å². The topological polar surface area (TPSA) is 68.7 Å². The number of anilines is 1. The Bertz CT molecular complexity index is 1120. The van der Waals surface area contributed by atoms with Gasteiger partial charge in [0.15, 0.2) is 5.13 Å². The standard InChI is InChI=1S/C19H18BrClN2O4S2/c1-12-8-15(20)16(21)10-18(12)29(24,25)23(19-22-6-7-28-19)11-13-4-5-14(26-2)9-17(13)27-3/h4-10H,11H2,1-3H3. The van der Waals surface area contributed by atoms with Crippen molar-refractivity contribution in [2.45, 2.75) is 18.4 Å². The van der Waals surface area contributed by atoms with Crippen LogP contribution in [0.4, 0.5) is 5.13 Å². The average Bonchev–Trinajstić information content (AvgIpc) is 3.22. The predicted molar refractivity (Wildman–Crippen MR) is 119 cm³/mol. The van der Waals surface area contributed by atoms with Crippen LogP contribution in [0.1, 0.15) is 11.1 Å². The lowest BCUT2D eigenvalue weighted by Crippen LogP contribution is -2.31. The highest BCUT2D eigenvalue weighted by Crippen LogP contribution is 2.35. The maximum absolute atomic E-state index is 13.6. The van der Waals surface area contributed by atoms with E-state index < -0.39 is 10.0 Å². The van der Waals surface area contributed by atoms with E-state index in [-0.39, 0.29) is 11.4 Å². The molecule has 10 heteroatoms. The number of rotatable bonds is 7. The zero-order chi connectivity index (χ0) is 21.2. The second-order valence-electron chi connectivity index (χ2n) is 6.04. The third kappa shape index (κ3) is 4.53. The van der Waals surface area contributed by atoms with Gasteiger partial charge in [0.1, 0.15) is 11.5 Å². The minimum atomic E-state index is -3.94. The van der Waals surface area contributed by atoms with Crippen molar-refractivity contribution in [2.75, 3.05) is 18.5 Å². The Hall–Kier alpha value is -1.81. The molecule has 1 aromatic heterocycles. The maximum atomic E-state index is 13.6. The number of benzene rings is 2. The molecule has 154 valence electrons. The molecule has 3 rings (SSSR count). The molecule has 0 N–H and O–H groups in total. The van der Waals surface area contributed by atoms with Gasteiger partial charge in [0, 0.05) is 27.7 Å². The quantitative estimate of drug-likeness (QED) is 0.426. The van der Waals surface area contributed by atoms with Crippen LogP contribution in [0.3, 0.4) is 0 Å². The minimum absolute atomic E-state index is 0.0378. The molecule has 0 amide bonds. The molecule has 0 radical (unpaired) electrons. The highest BCUT2D eigenvalue weighted by Gasteiger charge is 2.30. The van der Waals surface area contributed by atoms with E-state index in [1.54, 1.807) is 49.9 Å². The molecule has 0 aliphatic carbocycles. The zero-order valence-corrected chi connectivity index (χ0v) is 19.8. The van der Waals surface area contributed by atoms with Crippen LogP contribution >= 0.6 is 38.9 Å². The second-order valence-corrected chi connectivity index (χ2v) is 10.0. The highest BCUT2D eigenvalue weighted by atomic mass is 79.9. The van der Waals surface area contributed by atoms with Crippen molar-refractivity contribution in [2.24, 2.45) is 0 Å². The normalized spacial score (nSPS) is 11.3. The molecule has 0 aliphatic rings. The Morgan fingerprint density at radius 1 is 1.21 bits per heavy atom. The minimum Gasteiger partial charge on any atom is -0.497 e. The predicted octanol–water partition coefficient (Wildman–Crippen LogP) is 5.28. The number of nitrogens with zero attached hydrogens (tertiary/aromatic N) is 2. The summed E-state index contributed by atoms with van der Waals surface area (Å²) in [6, 6.07) is 8.37. The molecule has 29 heavy (non-hydrogen) atoms. The fourth-order valence-electron chi connectivity index (χ4n) is 2.76. The van der Waals surface area contributed by atoms with Gasteiger partial charge in [-0.1, -0.05) is 11.6 Å². The lowest BCUT2D eigenvalue weighted by molar-refractivity contribution is 0.391. The smallest absolute Gasteiger partial charge is 0.266 e. The molecule has 0 atom stereocenters. The summed E-state index contributed by atoms with van der Waals surface area (Å²) in [5.41, 5.74) is 1.25. The highest BCUT2D eigenvalue weighted by molar-refractivity contribution is 9.10. The number of thiazole rings is 1. The largest absolute Gasteiger partial charge is 0.497 e. The summed E-state index contributed by atoms with van der Waals surface area (Å²) in [5, 5.41) is 2.39. The van der Waals surface area contributed by atoms with Gasteiger partial charge in [-0.15, -0.1) is 11.3 Å². The molecule has 3 aromatic rings. The Labute approximate surface area is 187 Å². The molecule has 0 bridgehead atoms. The summed E-state index contributed by atoms with van der Waals surface area (Å²) in [7, 11) is -0.860. The van der Waals surface area contributed by atoms with E-state index in [1.807, 2.05) is 0 Å². The van der Waals surface area contributed by atoms with Crippen molar-refractivity contribution in [3.8, 4) is 11.5 Å². The first-order valence-corrected chi connectivity index (χ1v) is 11.9. The SMILES string of the molecule is COc1ccc(CN(c2nccs2)S(=O)(=O)c2cc(Cl)c(Br)cc2C)c(OC)c1. The fourth-order valence-corrected chi connectivity index (χ4v) is 5.95. The molecule has 0 aliphatic heterocycles. The summed E-state index contributed by atoms with van der Waals surface area (Å²) in [6.07, 6.45) is 1.56. The summed E-state index contributed by atoms with van der Waals surface area (Å²) in [4.78, 5) is 4.34. The van der Waals surface area contributed by atoms with Gasteiger partial charge in [-0.3, -0.25) is 0 Å². The summed E-state index contributed by atoms with van der Waals surface area (Å²) in [5.74, 6) is 1.14. The molecule has 0 saturated heterocycles. The first-order valence-electron chi connectivity index (χ1n) is 8.36. The Morgan fingerprint density at radius 3 is 2.59 bits per heavy atom. The lowest BCUT2D eigenvalue weighted by Gasteiger charge is -2.24. The number of hydrogen-bond donors (Lipinski definition) is 0. The molecule has 0 unspecified atom stereocenters. The van der Waals surface area contributed by atoms with E-state index in [0.717, 1.165) is 0 Å². The fraction of sp³-hybridized carbons (Fsp3) is 0.211. The Kier molecular flexibility index (Phi) is 6.72. The van der Waals surface area contributed by atoms with Crippen LogP contribution in [0.2, 0.25) is 5.02 Å². The number of methoxy groups -OCH3 is 2. The van der Waals surface area contributed by atoms with Crippen molar-refractivity contribution in [3.05, 3.63) is 62.5 Å². The van der Waals surface area contributed by atoms with Crippen LogP contribution < -0.4 is 13.8 Å². The van der Waals surface area contributed by atoms with Crippen LogP contribution in [0, 0.1) is 6.92 Å². The van der Waals surface area contributed by atoms with Gasteiger partial charge in [-0.25, -0.2) is 17.7 Å². The van der Waals surface area contributed by atoms with E-state index in [2.05, 4.69) is 20.9 Å². The third-order valence-corrected chi connectivity index (χ3v) is 8.21. The molecule has 0 saturated carbocycles. The molecule has 1 heterocycles. The van der Waals surface area contributed by atoms with Crippen LogP contribution in [0.25, 0.3) is 0 Å². The molecular weight excluding hydrogens is 500 g/mol. The molecular formula is C19H18BrClN2O4S2. The molecule has 2 aromatic carbocycles. The van der Waals surface area contributed by atoms with Gasteiger partial charge < -0.3 is 9.47 Å². The van der Waals surface area contributed by atoms with E-state index in [9.17, 15) is 8.42 Å². The van der Waals surface area contributed by atoms with Gasteiger partial charge in [0.2, 0.25) is 0 Å². The number of hydrogen-bond acceptors (Lipinski definition) is 6. The Balaban J connectivity index is 2.11. The number of aryl methyl sites for hydroxylation is 1.